The summed E-state index contributed by atoms with van der Waals surface area (Å²) in [7, 11) is 4.05. The number of aromatic nitrogens is 1. The highest BCUT2D eigenvalue weighted by atomic mass is 35.5. The number of rotatable bonds is 8. The van der Waals surface area contributed by atoms with Gasteiger partial charge in [0, 0.05) is 23.2 Å². The lowest BCUT2D eigenvalue weighted by molar-refractivity contribution is 0.0983. The number of aryl methyl sites for hydroxylation is 2. The van der Waals surface area contributed by atoms with E-state index in [-0.39, 0.29) is 24.1 Å². The molecule has 4 rings (SSSR count). The second-order valence-electron chi connectivity index (χ2n) is 8.81. The molecule has 5 nitrogen and oxygen atoms in total. The van der Waals surface area contributed by atoms with Gasteiger partial charge in [0.15, 0.2) is 10.9 Å². The van der Waals surface area contributed by atoms with E-state index in [0.717, 1.165) is 28.7 Å². The molecule has 0 saturated heterocycles. The molecule has 4 aromatic rings. The van der Waals surface area contributed by atoms with Crippen LogP contribution in [0.25, 0.3) is 10.2 Å². The van der Waals surface area contributed by atoms with Gasteiger partial charge in [-0.2, -0.15) is 0 Å². The first-order valence-corrected chi connectivity index (χ1v) is 12.2. The van der Waals surface area contributed by atoms with E-state index < -0.39 is 0 Å². The van der Waals surface area contributed by atoms with Crippen LogP contribution in [0.1, 0.15) is 43.8 Å². The minimum absolute atomic E-state index is 0. The third kappa shape index (κ3) is 6.14. The summed E-state index contributed by atoms with van der Waals surface area (Å²) in [5.74, 6) is -0.162. The number of carbonyl (C=O) groups is 2. The fraction of sp³-hybridized carbons (Fsp3) is 0.250. The third-order valence-electron chi connectivity index (χ3n) is 5.71. The number of hydrogen-bond acceptors (Lipinski definition) is 5. The Morgan fingerprint density at radius 2 is 1.49 bits per heavy atom. The summed E-state index contributed by atoms with van der Waals surface area (Å²) >= 11 is 1.55. The van der Waals surface area contributed by atoms with Crippen molar-refractivity contribution in [3.05, 3.63) is 94.5 Å². The molecule has 0 saturated carbocycles. The van der Waals surface area contributed by atoms with Crippen LogP contribution in [0.5, 0.6) is 0 Å². The van der Waals surface area contributed by atoms with Gasteiger partial charge in [0.05, 0.1) is 10.2 Å². The lowest BCUT2D eigenvalue weighted by atomic mass is 10.0. The number of halogens is 1. The molecule has 0 aliphatic carbocycles. The number of carbonyl (C=O) groups excluding carboxylic acids is 2. The van der Waals surface area contributed by atoms with Crippen molar-refractivity contribution < 1.29 is 9.59 Å². The van der Waals surface area contributed by atoms with E-state index in [9.17, 15) is 9.59 Å². The quantitative estimate of drug-likeness (QED) is 0.268. The highest BCUT2D eigenvalue weighted by molar-refractivity contribution is 7.22. The van der Waals surface area contributed by atoms with E-state index >= 15 is 0 Å². The Bertz CT molecular complexity index is 1320. The van der Waals surface area contributed by atoms with Gasteiger partial charge in [0.25, 0.3) is 5.91 Å². The highest BCUT2D eigenvalue weighted by Gasteiger charge is 2.22. The molecule has 182 valence electrons. The molecule has 0 aliphatic rings. The van der Waals surface area contributed by atoms with Gasteiger partial charge in [0.1, 0.15) is 0 Å². The molecule has 1 aromatic heterocycles. The van der Waals surface area contributed by atoms with Crippen molar-refractivity contribution in [2.24, 2.45) is 0 Å². The molecule has 35 heavy (non-hydrogen) atoms. The Morgan fingerprint density at radius 3 is 2.14 bits per heavy atom. The summed E-state index contributed by atoms with van der Waals surface area (Å²) in [6, 6.07) is 20.3. The zero-order valence-electron chi connectivity index (χ0n) is 20.4. The van der Waals surface area contributed by atoms with Crippen LogP contribution < -0.4 is 4.90 Å². The number of hydrogen-bond donors (Lipinski definition) is 0. The van der Waals surface area contributed by atoms with Gasteiger partial charge in [-0.1, -0.05) is 59.9 Å². The Balaban J connectivity index is 0.00000342. The van der Waals surface area contributed by atoms with Gasteiger partial charge < -0.3 is 4.90 Å². The summed E-state index contributed by atoms with van der Waals surface area (Å²) < 4.78 is 1.08. The van der Waals surface area contributed by atoms with Crippen molar-refractivity contribution in [1.82, 2.24) is 9.88 Å². The van der Waals surface area contributed by atoms with E-state index in [1.54, 1.807) is 52.6 Å². The smallest absolute Gasteiger partial charge is 0.260 e. The van der Waals surface area contributed by atoms with Crippen LogP contribution in [0.4, 0.5) is 5.13 Å². The summed E-state index contributed by atoms with van der Waals surface area (Å²) in [5.41, 5.74) is 4.98. The maximum absolute atomic E-state index is 13.6. The molecule has 0 unspecified atom stereocenters. The molecular formula is C28H30ClN3O2S. The van der Waals surface area contributed by atoms with E-state index in [1.165, 1.54) is 5.56 Å². The third-order valence-corrected chi connectivity index (χ3v) is 6.74. The predicted octanol–water partition coefficient (Wildman–Crippen LogP) is 6.16. The predicted molar refractivity (Wildman–Crippen MR) is 148 cm³/mol. The molecule has 1 heterocycles. The fourth-order valence-electron chi connectivity index (χ4n) is 3.98. The molecule has 0 N–H and O–H groups in total. The largest absolute Gasteiger partial charge is 0.309 e. The van der Waals surface area contributed by atoms with Gasteiger partial charge in [-0.15, -0.1) is 12.4 Å². The molecule has 0 radical (unpaired) electrons. The van der Waals surface area contributed by atoms with E-state index in [4.69, 9.17) is 4.98 Å². The second-order valence-corrected chi connectivity index (χ2v) is 9.82. The number of benzene rings is 3. The molecule has 7 heteroatoms. The van der Waals surface area contributed by atoms with E-state index in [2.05, 4.69) is 30.9 Å². The summed E-state index contributed by atoms with van der Waals surface area (Å²) in [4.78, 5) is 35.1. The Hall–Kier alpha value is -3.06. The lowest BCUT2D eigenvalue weighted by Gasteiger charge is -2.21. The van der Waals surface area contributed by atoms with Gasteiger partial charge in [-0.05, 0) is 70.2 Å². The SMILES string of the molecule is Cc1cc(C)c2nc(N(CCCN(C)C)C(=O)c3ccc(C(=O)c4ccccc4)cc3)sc2c1.Cl. The number of amides is 1. The van der Waals surface area contributed by atoms with Crippen molar-refractivity contribution in [2.75, 3.05) is 32.1 Å². The van der Waals surface area contributed by atoms with Crippen LogP contribution in [0, 0.1) is 13.8 Å². The minimum atomic E-state index is -0.106. The van der Waals surface area contributed by atoms with Crippen molar-refractivity contribution >= 4 is 50.8 Å². The topological polar surface area (TPSA) is 53.5 Å². The average Bonchev–Trinajstić information content (AvgIpc) is 3.25. The van der Waals surface area contributed by atoms with Gasteiger partial charge in [0.2, 0.25) is 0 Å². The lowest BCUT2D eigenvalue weighted by Crippen LogP contribution is -2.33. The molecule has 0 atom stereocenters. The first kappa shape index (κ1) is 26.5. The molecular weight excluding hydrogens is 478 g/mol. The summed E-state index contributed by atoms with van der Waals surface area (Å²) in [6.07, 6.45) is 0.831. The molecule has 1 amide bonds. The van der Waals surface area contributed by atoms with Gasteiger partial charge in [-0.25, -0.2) is 4.98 Å². The Morgan fingerprint density at radius 1 is 0.857 bits per heavy atom. The zero-order valence-corrected chi connectivity index (χ0v) is 22.1. The molecule has 0 fully saturated rings. The number of ketones is 1. The maximum Gasteiger partial charge on any atom is 0.260 e. The van der Waals surface area contributed by atoms with Crippen LogP contribution >= 0.6 is 23.7 Å². The maximum atomic E-state index is 13.6. The van der Waals surface area contributed by atoms with Crippen molar-refractivity contribution in [2.45, 2.75) is 20.3 Å². The first-order valence-electron chi connectivity index (χ1n) is 11.4. The van der Waals surface area contributed by atoms with Crippen LogP contribution in [-0.4, -0.2) is 48.8 Å². The zero-order chi connectivity index (χ0) is 24.2. The Labute approximate surface area is 216 Å². The number of fused-ring (bicyclic) bond motifs is 1. The normalized spacial score (nSPS) is 10.9. The second kappa shape index (κ2) is 11.6. The van der Waals surface area contributed by atoms with E-state index in [0.29, 0.717) is 28.4 Å². The fourth-order valence-corrected chi connectivity index (χ4v) is 5.15. The number of thiazole rings is 1. The summed E-state index contributed by atoms with van der Waals surface area (Å²) in [6.45, 7) is 5.57. The molecule has 3 aromatic carbocycles. The van der Waals surface area contributed by atoms with E-state index in [1.807, 2.05) is 32.3 Å². The monoisotopic (exact) mass is 507 g/mol. The summed E-state index contributed by atoms with van der Waals surface area (Å²) in [5, 5.41) is 0.705. The van der Waals surface area contributed by atoms with Gasteiger partial charge in [-0.3, -0.25) is 14.5 Å². The molecule has 0 bridgehead atoms. The number of nitrogens with zero attached hydrogens (tertiary/aromatic N) is 3. The van der Waals surface area contributed by atoms with Crippen LogP contribution in [0.15, 0.2) is 66.7 Å². The number of anilines is 1. The first-order chi connectivity index (χ1) is 16.3. The van der Waals surface area contributed by atoms with Crippen molar-refractivity contribution in [1.29, 1.82) is 0 Å². The van der Waals surface area contributed by atoms with Crippen LogP contribution in [-0.2, 0) is 0 Å². The standard InChI is InChI=1S/C28H29N3O2S.ClH/c1-19-17-20(2)25-24(18-19)34-28(29-25)31(16-8-15-30(3)4)27(33)23-13-11-22(12-14-23)26(32)21-9-6-5-7-10-21;/h5-7,9-14,17-18H,8,15-16H2,1-4H3;1H. The Kier molecular flexibility index (Phi) is 8.78. The minimum Gasteiger partial charge on any atom is -0.309 e. The van der Waals surface area contributed by atoms with Crippen LogP contribution in [0.3, 0.4) is 0 Å². The average molecular weight is 508 g/mol. The van der Waals surface area contributed by atoms with Crippen molar-refractivity contribution in [3.63, 3.8) is 0 Å². The van der Waals surface area contributed by atoms with Crippen LogP contribution in [0.2, 0.25) is 0 Å². The molecule has 0 spiro atoms. The van der Waals surface area contributed by atoms with Gasteiger partial charge >= 0.3 is 0 Å². The molecule has 0 aliphatic heterocycles. The highest BCUT2D eigenvalue weighted by Crippen LogP contribution is 2.32. The van der Waals surface area contributed by atoms with Crippen molar-refractivity contribution in [3.8, 4) is 0 Å².